The van der Waals surface area contributed by atoms with Crippen molar-refractivity contribution >= 4 is 39.6 Å². The maximum absolute atomic E-state index is 13.8. The van der Waals surface area contributed by atoms with Crippen molar-refractivity contribution in [1.82, 2.24) is 20.3 Å². The Labute approximate surface area is 245 Å². The molecule has 5 amide bonds. The summed E-state index contributed by atoms with van der Waals surface area (Å²) in [6.45, 7) is 0.940. The van der Waals surface area contributed by atoms with Crippen molar-refractivity contribution in [2.24, 2.45) is 5.92 Å². The molecule has 0 spiro atoms. The highest BCUT2D eigenvalue weighted by molar-refractivity contribution is 7.91. The van der Waals surface area contributed by atoms with Crippen LogP contribution in [0, 0.1) is 5.92 Å². The lowest BCUT2D eigenvalue weighted by Gasteiger charge is -2.26. The molecule has 42 heavy (non-hydrogen) atoms. The monoisotopic (exact) mass is 599 g/mol. The molecule has 1 aromatic carbocycles. The summed E-state index contributed by atoms with van der Waals surface area (Å²) in [5.41, 5.74) is 0.409. The number of carbonyl (C=O) groups is 4. The minimum atomic E-state index is -3.82. The number of allylic oxidation sites excluding steroid dienone is 1. The number of hydrogen-bond donors (Lipinski definition) is 3. The second-order valence-corrected chi connectivity index (χ2v) is 13.9. The third-order valence-electron chi connectivity index (χ3n) is 8.86. The molecule has 4 atom stereocenters. The van der Waals surface area contributed by atoms with Gasteiger partial charge in [-0.25, -0.2) is 18.0 Å². The van der Waals surface area contributed by atoms with Gasteiger partial charge in [-0.2, -0.15) is 0 Å². The lowest BCUT2D eigenvalue weighted by Crippen LogP contribution is -2.57. The molecular weight excluding hydrogens is 562 g/mol. The molecule has 3 heterocycles. The van der Waals surface area contributed by atoms with Gasteiger partial charge in [0, 0.05) is 25.4 Å². The Morgan fingerprint density at radius 1 is 1.10 bits per heavy atom. The zero-order valence-corrected chi connectivity index (χ0v) is 24.2. The number of para-hydroxylation sites is 1. The molecule has 5 aliphatic rings. The number of urea groups is 1. The van der Waals surface area contributed by atoms with E-state index in [1.807, 2.05) is 36.4 Å². The van der Waals surface area contributed by atoms with E-state index in [0.717, 1.165) is 36.9 Å². The van der Waals surface area contributed by atoms with Gasteiger partial charge in [-0.15, -0.1) is 0 Å². The molecule has 0 bridgehead atoms. The summed E-state index contributed by atoms with van der Waals surface area (Å²) in [5, 5.41) is 5.10. The molecule has 226 valence electrons. The smallest absolute Gasteiger partial charge is 0.414 e. The minimum Gasteiger partial charge on any atom is -0.444 e. The van der Waals surface area contributed by atoms with Crippen LogP contribution in [-0.2, 0) is 30.8 Å². The standard InChI is InChI=1S/C29H37N5O7S/c35-25-24-16-21(41-28(38)33-15-13-19-8-5-6-10-23(19)33)18-34(24)27(37)30-14-7-3-1-2-4-9-20-17-29(20,31-25)26(36)32-42(39,40)22-11-12-22/h4-6,8-10,20-22,24H,1-3,7,11-18H2,(H,30,37)(H,31,35)(H,32,36)/b9-4-/t20-,21-,24+,29-/m1/s1. The number of ether oxygens (including phenoxy) is 1. The van der Waals surface area contributed by atoms with E-state index in [0.29, 0.717) is 32.4 Å². The average molecular weight is 600 g/mol. The van der Waals surface area contributed by atoms with E-state index < -0.39 is 56.9 Å². The molecule has 0 radical (unpaired) electrons. The first-order chi connectivity index (χ1) is 20.2. The van der Waals surface area contributed by atoms with Crippen molar-refractivity contribution in [2.75, 3.05) is 24.5 Å². The molecule has 12 nitrogen and oxygen atoms in total. The summed E-state index contributed by atoms with van der Waals surface area (Å²) >= 11 is 0. The molecule has 1 saturated heterocycles. The number of amides is 5. The first-order valence-corrected chi connectivity index (χ1v) is 16.4. The number of benzene rings is 1. The number of nitrogens with one attached hydrogen (secondary N) is 3. The summed E-state index contributed by atoms with van der Waals surface area (Å²) in [7, 11) is -3.82. The van der Waals surface area contributed by atoms with Crippen LogP contribution in [0.25, 0.3) is 0 Å². The summed E-state index contributed by atoms with van der Waals surface area (Å²) < 4.78 is 33.1. The van der Waals surface area contributed by atoms with E-state index in [-0.39, 0.29) is 25.3 Å². The van der Waals surface area contributed by atoms with Crippen LogP contribution < -0.4 is 20.3 Å². The minimum absolute atomic E-state index is 0.0176. The van der Waals surface area contributed by atoms with E-state index in [1.165, 1.54) is 4.90 Å². The Balaban J connectivity index is 1.20. The second-order valence-electron chi connectivity index (χ2n) is 11.9. The number of fused-ring (bicyclic) bond motifs is 3. The highest BCUT2D eigenvalue weighted by Gasteiger charge is 2.62. The number of sulfonamides is 1. The van der Waals surface area contributed by atoms with Gasteiger partial charge in [-0.3, -0.25) is 19.2 Å². The molecule has 3 N–H and O–H groups in total. The quantitative estimate of drug-likeness (QED) is 0.447. The summed E-state index contributed by atoms with van der Waals surface area (Å²) in [4.78, 5) is 56.4. The van der Waals surface area contributed by atoms with Crippen LogP contribution >= 0.6 is 0 Å². The SMILES string of the molecule is O=C1N[C@]2(C(=O)NS(=O)(=O)C3CC3)C[C@H]2/C=C\CCCCCNC(=O)N2C[C@H](OC(=O)N3CCc4ccccc43)C[C@@H]12. The van der Waals surface area contributed by atoms with Crippen LogP contribution in [0.5, 0.6) is 0 Å². The maximum atomic E-state index is 13.8. The topological polar surface area (TPSA) is 154 Å². The molecule has 1 aromatic rings. The lowest BCUT2D eigenvalue weighted by molar-refractivity contribution is -0.131. The van der Waals surface area contributed by atoms with Gasteiger partial charge in [0.15, 0.2) is 0 Å². The van der Waals surface area contributed by atoms with Crippen molar-refractivity contribution in [1.29, 1.82) is 0 Å². The van der Waals surface area contributed by atoms with E-state index in [2.05, 4.69) is 15.4 Å². The van der Waals surface area contributed by atoms with Gasteiger partial charge in [0.05, 0.1) is 17.5 Å². The van der Waals surface area contributed by atoms with Gasteiger partial charge in [0.2, 0.25) is 15.9 Å². The zero-order chi connectivity index (χ0) is 29.5. The van der Waals surface area contributed by atoms with Gasteiger partial charge in [-0.1, -0.05) is 36.8 Å². The highest BCUT2D eigenvalue weighted by atomic mass is 32.2. The van der Waals surface area contributed by atoms with Gasteiger partial charge in [0.1, 0.15) is 17.7 Å². The molecule has 6 rings (SSSR count). The molecular formula is C29H37N5O7S. The fourth-order valence-electron chi connectivity index (χ4n) is 6.18. The first-order valence-electron chi connectivity index (χ1n) is 14.8. The number of rotatable bonds is 4. The van der Waals surface area contributed by atoms with Crippen molar-refractivity contribution in [3.63, 3.8) is 0 Å². The molecule has 2 saturated carbocycles. The highest BCUT2D eigenvalue weighted by Crippen LogP contribution is 2.46. The molecule has 2 aliphatic carbocycles. The lowest BCUT2D eigenvalue weighted by atomic mass is 10.1. The fourth-order valence-corrected chi connectivity index (χ4v) is 7.54. The van der Waals surface area contributed by atoms with Crippen LogP contribution in [0.1, 0.15) is 56.9 Å². The predicted octanol–water partition coefficient (Wildman–Crippen LogP) is 1.95. The van der Waals surface area contributed by atoms with E-state index in [1.54, 1.807) is 4.90 Å². The van der Waals surface area contributed by atoms with Crippen molar-refractivity contribution in [2.45, 2.75) is 80.7 Å². The Bertz CT molecular complexity index is 1410. The van der Waals surface area contributed by atoms with Crippen molar-refractivity contribution in [3.05, 3.63) is 42.0 Å². The molecule has 0 unspecified atom stereocenters. The van der Waals surface area contributed by atoms with Gasteiger partial charge < -0.3 is 20.3 Å². The average Bonchev–Trinajstić information content (AvgIpc) is 3.84. The van der Waals surface area contributed by atoms with Gasteiger partial charge in [0.25, 0.3) is 5.91 Å². The first kappa shape index (κ1) is 28.5. The zero-order valence-electron chi connectivity index (χ0n) is 23.4. The third kappa shape index (κ3) is 5.70. The van der Waals surface area contributed by atoms with Crippen molar-refractivity contribution in [3.8, 4) is 0 Å². The summed E-state index contributed by atoms with van der Waals surface area (Å²) in [5.74, 6) is -1.71. The molecule has 3 fully saturated rings. The van der Waals surface area contributed by atoms with E-state index in [4.69, 9.17) is 4.74 Å². The third-order valence-corrected chi connectivity index (χ3v) is 10.7. The van der Waals surface area contributed by atoms with Crippen LogP contribution in [0.2, 0.25) is 0 Å². The number of carbonyl (C=O) groups excluding carboxylic acids is 4. The van der Waals surface area contributed by atoms with E-state index in [9.17, 15) is 27.6 Å². The number of hydrogen-bond acceptors (Lipinski definition) is 7. The largest absolute Gasteiger partial charge is 0.444 e. The Morgan fingerprint density at radius 3 is 2.71 bits per heavy atom. The summed E-state index contributed by atoms with van der Waals surface area (Å²) in [6.07, 6.45) is 7.92. The van der Waals surface area contributed by atoms with Gasteiger partial charge in [-0.05, 0) is 56.6 Å². The normalized spacial score (nSPS) is 30.4. The maximum Gasteiger partial charge on any atom is 0.414 e. The fraction of sp³-hybridized carbons (Fsp3) is 0.586. The van der Waals surface area contributed by atoms with Crippen LogP contribution in [0.4, 0.5) is 15.3 Å². The van der Waals surface area contributed by atoms with Crippen molar-refractivity contribution < 1.29 is 32.3 Å². The van der Waals surface area contributed by atoms with Crippen LogP contribution in [-0.4, -0.2) is 79.8 Å². The van der Waals surface area contributed by atoms with Crippen LogP contribution in [0.3, 0.4) is 0 Å². The molecule has 0 aromatic heterocycles. The van der Waals surface area contributed by atoms with Gasteiger partial charge >= 0.3 is 12.1 Å². The summed E-state index contributed by atoms with van der Waals surface area (Å²) in [6, 6.07) is 6.14. The number of anilines is 1. The Hall–Kier alpha value is -3.61. The van der Waals surface area contributed by atoms with Crippen LogP contribution in [0.15, 0.2) is 36.4 Å². The predicted molar refractivity (Wildman–Crippen MR) is 153 cm³/mol. The molecule has 13 heteroatoms. The Kier molecular flexibility index (Phi) is 7.62. The Morgan fingerprint density at radius 2 is 1.90 bits per heavy atom. The second kappa shape index (κ2) is 11.2. The number of nitrogens with zero attached hydrogens (tertiary/aromatic N) is 2. The molecule has 3 aliphatic heterocycles. The van der Waals surface area contributed by atoms with E-state index >= 15 is 0 Å².